The van der Waals surface area contributed by atoms with Gasteiger partial charge in [-0.25, -0.2) is 0 Å². The molecule has 1 aliphatic rings. The summed E-state index contributed by atoms with van der Waals surface area (Å²) in [7, 11) is 0. The zero-order chi connectivity index (χ0) is 13.7. The van der Waals surface area contributed by atoms with E-state index < -0.39 is 0 Å². The van der Waals surface area contributed by atoms with E-state index in [1.807, 2.05) is 13.8 Å². The number of aliphatic hydroxyl groups excluding tert-OH is 1. The fraction of sp³-hybridized carbons (Fsp3) is 0.867. The molecule has 0 saturated carbocycles. The molecule has 0 amide bonds. The number of ether oxygens (including phenoxy) is 2. The zero-order valence-electron chi connectivity index (χ0n) is 12.3. The smallest absolute Gasteiger partial charge is 0.126 e. The Bertz CT molecular complexity index is 273. The van der Waals surface area contributed by atoms with Crippen LogP contribution in [-0.4, -0.2) is 23.9 Å². The Morgan fingerprint density at radius 3 is 2.61 bits per heavy atom. The van der Waals surface area contributed by atoms with E-state index in [2.05, 4.69) is 20.8 Å². The lowest BCUT2D eigenvalue weighted by Crippen LogP contribution is -2.24. The van der Waals surface area contributed by atoms with Crippen molar-refractivity contribution in [2.75, 3.05) is 6.61 Å². The summed E-state index contributed by atoms with van der Waals surface area (Å²) in [5.74, 6) is 2.29. The second kappa shape index (κ2) is 7.03. The molecule has 0 aromatic rings. The Kier molecular flexibility index (Phi) is 6.00. The Morgan fingerprint density at radius 2 is 2.06 bits per heavy atom. The molecule has 1 saturated heterocycles. The number of aliphatic hydroxyl groups is 1. The molecule has 0 aromatic heterocycles. The summed E-state index contributed by atoms with van der Waals surface area (Å²) in [6.07, 6.45) is 3.26. The van der Waals surface area contributed by atoms with Crippen molar-refractivity contribution in [3.63, 3.8) is 0 Å². The molecule has 1 aliphatic heterocycles. The SMILES string of the molecule is CC/C(O)=C\OC(C)C1CC(C(C)C(C)C)CO1. The molecule has 0 radical (unpaired) electrons. The molecule has 1 fully saturated rings. The molecule has 0 aromatic carbocycles. The largest absolute Gasteiger partial charge is 0.509 e. The van der Waals surface area contributed by atoms with E-state index in [1.54, 1.807) is 0 Å². The minimum Gasteiger partial charge on any atom is -0.509 e. The van der Waals surface area contributed by atoms with Crippen LogP contribution >= 0.6 is 0 Å². The minimum atomic E-state index is 0.00284. The van der Waals surface area contributed by atoms with Crippen LogP contribution in [0.5, 0.6) is 0 Å². The summed E-state index contributed by atoms with van der Waals surface area (Å²) < 4.78 is 11.4. The summed E-state index contributed by atoms with van der Waals surface area (Å²) >= 11 is 0. The Balaban J connectivity index is 2.41. The van der Waals surface area contributed by atoms with Gasteiger partial charge >= 0.3 is 0 Å². The highest BCUT2D eigenvalue weighted by atomic mass is 16.5. The van der Waals surface area contributed by atoms with Gasteiger partial charge in [0.1, 0.15) is 18.1 Å². The van der Waals surface area contributed by atoms with Gasteiger partial charge in [-0.1, -0.05) is 27.7 Å². The van der Waals surface area contributed by atoms with Gasteiger partial charge in [0.15, 0.2) is 0 Å². The fourth-order valence-corrected chi connectivity index (χ4v) is 2.28. The molecule has 1 rings (SSSR count). The summed E-state index contributed by atoms with van der Waals surface area (Å²) in [5, 5.41) is 9.36. The van der Waals surface area contributed by atoms with Gasteiger partial charge in [0.05, 0.1) is 12.7 Å². The Morgan fingerprint density at radius 1 is 1.39 bits per heavy atom. The van der Waals surface area contributed by atoms with E-state index in [0.29, 0.717) is 24.2 Å². The fourth-order valence-electron chi connectivity index (χ4n) is 2.28. The highest BCUT2D eigenvalue weighted by Crippen LogP contribution is 2.32. The molecule has 0 spiro atoms. The maximum atomic E-state index is 9.36. The number of allylic oxidation sites excluding steroid dienone is 1. The summed E-state index contributed by atoms with van der Waals surface area (Å²) in [6.45, 7) is 11.6. The van der Waals surface area contributed by atoms with Gasteiger partial charge in [-0.15, -0.1) is 0 Å². The van der Waals surface area contributed by atoms with Crippen LogP contribution in [0.15, 0.2) is 12.0 Å². The summed E-state index contributed by atoms with van der Waals surface area (Å²) in [5.41, 5.74) is 0. The molecule has 18 heavy (non-hydrogen) atoms. The molecule has 0 bridgehead atoms. The average Bonchev–Trinajstić information content (AvgIpc) is 2.83. The maximum Gasteiger partial charge on any atom is 0.126 e. The lowest BCUT2D eigenvalue weighted by atomic mass is 9.83. The van der Waals surface area contributed by atoms with Crippen LogP contribution in [0.4, 0.5) is 0 Å². The highest BCUT2D eigenvalue weighted by molar-refractivity contribution is 4.86. The number of hydrogen-bond acceptors (Lipinski definition) is 3. The van der Waals surface area contributed by atoms with Crippen LogP contribution in [0.2, 0.25) is 0 Å². The standard InChI is InChI=1S/C15H28O3/c1-6-14(16)9-17-12(5)15-7-13(8-18-15)11(4)10(2)3/h9-13,15-16H,6-8H2,1-5H3/b14-9+. The molecule has 1 heterocycles. The molecule has 4 unspecified atom stereocenters. The predicted molar refractivity (Wildman–Crippen MR) is 73.4 cm³/mol. The first kappa shape index (κ1) is 15.4. The number of rotatable bonds is 6. The number of hydrogen-bond donors (Lipinski definition) is 1. The van der Waals surface area contributed by atoms with Gasteiger partial charge in [-0.05, 0) is 31.1 Å². The first-order chi connectivity index (χ1) is 8.45. The summed E-state index contributed by atoms with van der Waals surface area (Å²) in [4.78, 5) is 0. The van der Waals surface area contributed by atoms with Crippen molar-refractivity contribution in [1.82, 2.24) is 0 Å². The normalized spacial score (nSPS) is 28.4. The molecule has 4 atom stereocenters. The topological polar surface area (TPSA) is 38.7 Å². The van der Waals surface area contributed by atoms with Gasteiger partial charge in [0, 0.05) is 6.42 Å². The van der Waals surface area contributed by atoms with Crippen molar-refractivity contribution in [2.24, 2.45) is 17.8 Å². The van der Waals surface area contributed by atoms with Crippen LogP contribution < -0.4 is 0 Å². The van der Waals surface area contributed by atoms with Gasteiger partial charge in [-0.2, -0.15) is 0 Å². The first-order valence-electron chi connectivity index (χ1n) is 7.10. The quantitative estimate of drug-likeness (QED) is 0.733. The third-order valence-electron chi connectivity index (χ3n) is 4.16. The van der Waals surface area contributed by atoms with Gasteiger partial charge in [0.2, 0.25) is 0 Å². The van der Waals surface area contributed by atoms with Crippen molar-refractivity contribution >= 4 is 0 Å². The van der Waals surface area contributed by atoms with Crippen molar-refractivity contribution in [1.29, 1.82) is 0 Å². The second-order valence-electron chi connectivity index (χ2n) is 5.77. The van der Waals surface area contributed by atoms with Crippen molar-refractivity contribution in [3.05, 3.63) is 12.0 Å². The van der Waals surface area contributed by atoms with Crippen molar-refractivity contribution in [2.45, 2.75) is 59.7 Å². The molecule has 3 heteroatoms. The maximum absolute atomic E-state index is 9.36. The van der Waals surface area contributed by atoms with Crippen LogP contribution in [0.25, 0.3) is 0 Å². The van der Waals surface area contributed by atoms with Crippen LogP contribution in [0.1, 0.15) is 47.5 Å². The van der Waals surface area contributed by atoms with E-state index in [1.165, 1.54) is 6.26 Å². The minimum absolute atomic E-state index is 0.00284. The van der Waals surface area contributed by atoms with E-state index in [-0.39, 0.29) is 18.0 Å². The zero-order valence-corrected chi connectivity index (χ0v) is 12.3. The first-order valence-corrected chi connectivity index (χ1v) is 7.10. The van der Waals surface area contributed by atoms with Gasteiger partial charge < -0.3 is 14.6 Å². The molecule has 3 nitrogen and oxygen atoms in total. The third kappa shape index (κ3) is 4.20. The average molecular weight is 256 g/mol. The summed E-state index contributed by atoms with van der Waals surface area (Å²) in [6, 6.07) is 0. The molecule has 0 aliphatic carbocycles. The highest BCUT2D eigenvalue weighted by Gasteiger charge is 2.34. The van der Waals surface area contributed by atoms with Crippen LogP contribution in [-0.2, 0) is 9.47 Å². The second-order valence-corrected chi connectivity index (χ2v) is 5.77. The molecule has 106 valence electrons. The lowest BCUT2D eigenvalue weighted by molar-refractivity contribution is -0.00335. The monoisotopic (exact) mass is 256 g/mol. The van der Waals surface area contributed by atoms with Crippen LogP contribution in [0.3, 0.4) is 0 Å². The van der Waals surface area contributed by atoms with Crippen LogP contribution in [0, 0.1) is 17.8 Å². The third-order valence-corrected chi connectivity index (χ3v) is 4.16. The molecular weight excluding hydrogens is 228 g/mol. The van der Waals surface area contributed by atoms with Crippen molar-refractivity contribution < 1.29 is 14.6 Å². The van der Waals surface area contributed by atoms with Gasteiger partial charge in [-0.3, -0.25) is 0 Å². The van der Waals surface area contributed by atoms with E-state index in [0.717, 1.165) is 13.0 Å². The van der Waals surface area contributed by atoms with Crippen molar-refractivity contribution in [3.8, 4) is 0 Å². The molecule has 1 N–H and O–H groups in total. The molecular formula is C15H28O3. The van der Waals surface area contributed by atoms with Gasteiger partial charge in [0.25, 0.3) is 0 Å². The lowest BCUT2D eigenvalue weighted by Gasteiger charge is -2.22. The van der Waals surface area contributed by atoms with E-state index >= 15 is 0 Å². The Hall–Kier alpha value is -0.700. The predicted octanol–water partition coefficient (Wildman–Crippen LogP) is 3.90. The van der Waals surface area contributed by atoms with E-state index in [4.69, 9.17) is 9.47 Å². The van der Waals surface area contributed by atoms with E-state index in [9.17, 15) is 5.11 Å². The Labute approximate surface area is 111 Å².